The van der Waals surface area contributed by atoms with Crippen LogP contribution in [-0.2, 0) is 0 Å². The van der Waals surface area contributed by atoms with Crippen LogP contribution < -0.4 is 0 Å². The van der Waals surface area contributed by atoms with Crippen LogP contribution in [0.1, 0.15) is 11.3 Å². The molecule has 1 aromatic heterocycles. The minimum Gasteiger partial charge on any atom is -0.238 e. The normalized spacial score (nSPS) is 10.3. The number of hydrogen-bond donors (Lipinski definition) is 0. The van der Waals surface area contributed by atoms with Crippen molar-refractivity contribution >= 4 is 0 Å². The van der Waals surface area contributed by atoms with E-state index in [9.17, 15) is 0 Å². The highest BCUT2D eigenvalue weighted by Crippen LogP contribution is 2.10. The van der Waals surface area contributed by atoms with Crippen LogP contribution in [0.4, 0.5) is 0 Å². The van der Waals surface area contributed by atoms with E-state index in [1.807, 2.05) is 41.9 Å². The van der Waals surface area contributed by atoms with Crippen molar-refractivity contribution in [2.24, 2.45) is 0 Å². The molecule has 0 bridgehead atoms. The summed E-state index contributed by atoms with van der Waals surface area (Å²) in [4.78, 5) is 0. The highest BCUT2D eigenvalue weighted by Gasteiger charge is 1.98. The second-order valence-corrected chi connectivity index (χ2v) is 3.05. The molecule has 0 saturated heterocycles. The van der Waals surface area contributed by atoms with E-state index in [0.29, 0.717) is 0 Å². The van der Waals surface area contributed by atoms with E-state index < -0.39 is 0 Å². The van der Waals surface area contributed by atoms with Crippen molar-refractivity contribution in [2.75, 3.05) is 0 Å². The van der Waals surface area contributed by atoms with Gasteiger partial charge < -0.3 is 0 Å². The third-order valence-electron chi connectivity index (χ3n) is 2.01. The Morgan fingerprint density at radius 2 is 1.85 bits per heavy atom. The zero-order valence-corrected chi connectivity index (χ0v) is 7.57. The van der Waals surface area contributed by atoms with Crippen LogP contribution in [0.5, 0.6) is 0 Å². The van der Waals surface area contributed by atoms with Crippen LogP contribution >= 0.6 is 0 Å². The van der Waals surface area contributed by atoms with Gasteiger partial charge in [-0.3, -0.25) is 0 Å². The van der Waals surface area contributed by atoms with E-state index in [0.717, 1.165) is 16.9 Å². The van der Waals surface area contributed by atoms with Gasteiger partial charge in [-0.25, -0.2) is 4.68 Å². The number of aryl methyl sites for hydroxylation is 1. The fourth-order valence-electron chi connectivity index (χ4n) is 1.28. The summed E-state index contributed by atoms with van der Waals surface area (Å²) in [5, 5.41) is 4.21. The molecular weight excluding hydrogens is 160 g/mol. The van der Waals surface area contributed by atoms with Gasteiger partial charge in [0, 0.05) is 11.9 Å². The summed E-state index contributed by atoms with van der Waals surface area (Å²) in [6.45, 7) is 5.87. The quantitative estimate of drug-likeness (QED) is 0.644. The van der Waals surface area contributed by atoms with E-state index in [-0.39, 0.29) is 0 Å². The van der Waals surface area contributed by atoms with Crippen LogP contribution in [0, 0.1) is 13.8 Å². The average molecular weight is 171 g/mol. The maximum atomic E-state index is 4.21. The van der Waals surface area contributed by atoms with Crippen molar-refractivity contribution in [1.29, 1.82) is 0 Å². The van der Waals surface area contributed by atoms with E-state index in [2.05, 4.69) is 12.0 Å². The molecule has 0 unspecified atom stereocenters. The summed E-state index contributed by atoms with van der Waals surface area (Å²) < 4.78 is 1.90. The molecule has 13 heavy (non-hydrogen) atoms. The van der Waals surface area contributed by atoms with Gasteiger partial charge in [0.2, 0.25) is 0 Å². The molecule has 2 nitrogen and oxygen atoms in total. The number of benzene rings is 1. The summed E-state index contributed by atoms with van der Waals surface area (Å²) in [5.74, 6) is 0. The van der Waals surface area contributed by atoms with Crippen LogP contribution in [0.3, 0.4) is 0 Å². The van der Waals surface area contributed by atoms with Gasteiger partial charge in [-0.2, -0.15) is 5.10 Å². The average Bonchev–Trinajstić information content (AvgIpc) is 2.53. The first-order chi connectivity index (χ1) is 6.27. The molecule has 2 heteroatoms. The van der Waals surface area contributed by atoms with Gasteiger partial charge >= 0.3 is 0 Å². The predicted octanol–water partition coefficient (Wildman–Crippen LogP) is 2.36. The summed E-state index contributed by atoms with van der Waals surface area (Å²) >= 11 is 0. The SMILES string of the molecule is [CH2]c1ccc(-n2nccc2C)cc1. The molecule has 0 aliphatic carbocycles. The standard InChI is InChI=1S/C11H11N2/c1-9-3-5-11(6-4-9)13-10(2)7-8-12-13/h3-8H,1H2,2H3. The van der Waals surface area contributed by atoms with Crippen LogP contribution in [-0.4, -0.2) is 9.78 Å². The molecule has 2 aromatic rings. The Morgan fingerprint density at radius 1 is 1.15 bits per heavy atom. The zero-order chi connectivity index (χ0) is 9.26. The maximum Gasteiger partial charge on any atom is 0.0648 e. The van der Waals surface area contributed by atoms with Gasteiger partial charge in [-0.05, 0) is 37.6 Å². The number of rotatable bonds is 1. The smallest absolute Gasteiger partial charge is 0.0648 e. The molecule has 1 aromatic carbocycles. The Kier molecular flexibility index (Phi) is 1.89. The summed E-state index contributed by atoms with van der Waals surface area (Å²) in [7, 11) is 0. The van der Waals surface area contributed by atoms with E-state index in [4.69, 9.17) is 0 Å². The zero-order valence-electron chi connectivity index (χ0n) is 7.57. The van der Waals surface area contributed by atoms with Gasteiger partial charge in [0.25, 0.3) is 0 Å². The Labute approximate surface area is 77.8 Å². The molecule has 1 heterocycles. The second kappa shape index (κ2) is 3.05. The molecule has 0 aliphatic rings. The Morgan fingerprint density at radius 3 is 2.38 bits per heavy atom. The first-order valence-corrected chi connectivity index (χ1v) is 4.20. The van der Waals surface area contributed by atoms with Crippen molar-refractivity contribution in [3.8, 4) is 5.69 Å². The minimum absolute atomic E-state index is 1.02. The summed E-state index contributed by atoms with van der Waals surface area (Å²) in [6, 6.07) is 9.98. The number of nitrogens with zero attached hydrogens (tertiary/aromatic N) is 2. The van der Waals surface area contributed by atoms with Crippen molar-refractivity contribution in [3.05, 3.63) is 54.7 Å². The molecule has 0 atom stereocenters. The molecule has 0 aliphatic heterocycles. The molecule has 2 rings (SSSR count). The van der Waals surface area contributed by atoms with Crippen LogP contribution in [0.25, 0.3) is 5.69 Å². The van der Waals surface area contributed by atoms with Crippen molar-refractivity contribution < 1.29 is 0 Å². The van der Waals surface area contributed by atoms with Gasteiger partial charge in [-0.1, -0.05) is 12.1 Å². The molecule has 0 amide bonds. The number of hydrogen-bond acceptors (Lipinski definition) is 1. The summed E-state index contributed by atoms with van der Waals surface area (Å²) in [6.07, 6.45) is 1.80. The lowest BCUT2D eigenvalue weighted by atomic mass is 10.2. The van der Waals surface area contributed by atoms with E-state index in [1.165, 1.54) is 0 Å². The molecule has 1 radical (unpaired) electrons. The maximum absolute atomic E-state index is 4.21. The van der Waals surface area contributed by atoms with Crippen molar-refractivity contribution in [1.82, 2.24) is 9.78 Å². The summed E-state index contributed by atoms with van der Waals surface area (Å²) in [5.41, 5.74) is 3.24. The highest BCUT2D eigenvalue weighted by molar-refractivity contribution is 5.35. The van der Waals surface area contributed by atoms with E-state index in [1.54, 1.807) is 6.20 Å². The van der Waals surface area contributed by atoms with Crippen LogP contribution in [0.2, 0.25) is 0 Å². The molecule has 0 saturated carbocycles. The lowest BCUT2D eigenvalue weighted by molar-refractivity contribution is 0.847. The molecule has 0 spiro atoms. The fraction of sp³-hybridized carbons (Fsp3) is 0.0909. The molecular formula is C11H11N2. The van der Waals surface area contributed by atoms with Crippen molar-refractivity contribution in [3.63, 3.8) is 0 Å². The van der Waals surface area contributed by atoms with Gasteiger partial charge in [0.15, 0.2) is 0 Å². The first kappa shape index (κ1) is 8.05. The Hall–Kier alpha value is -1.57. The third-order valence-corrected chi connectivity index (χ3v) is 2.01. The van der Waals surface area contributed by atoms with E-state index >= 15 is 0 Å². The first-order valence-electron chi connectivity index (χ1n) is 4.20. The number of aromatic nitrogens is 2. The second-order valence-electron chi connectivity index (χ2n) is 3.05. The topological polar surface area (TPSA) is 17.8 Å². The van der Waals surface area contributed by atoms with Crippen LogP contribution in [0.15, 0.2) is 36.5 Å². The lowest BCUT2D eigenvalue weighted by Crippen LogP contribution is -1.97. The molecule has 0 fully saturated rings. The third kappa shape index (κ3) is 1.47. The Bertz CT molecular complexity index is 398. The minimum atomic E-state index is 1.02. The predicted molar refractivity (Wildman–Crippen MR) is 52.8 cm³/mol. The largest absolute Gasteiger partial charge is 0.238 e. The Balaban J connectivity index is 2.47. The van der Waals surface area contributed by atoms with Gasteiger partial charge in [0.1, 0.15) is 0 Å². The monoisotopic (exact) mass is 171 g/mol. The van der Waals surface area contributed by atoms with Gasteiger partial charge in [-0.15, -0.1) is 0 Å². The van der Waals surface area contributed by atoms with Crippen molar-refractivity contribution in [2.45, 2.75) is 6.92 Å². The molecule has 65 valence electrons. The lowest BCUT2D eigenvalue weighted by Gasteiger charge is -2.03. The van der Waals surface area contributed by atoms with Gasteiger partial charge in [0.05, 0.1) is 5.69 Å². The highest BCUT2D eigenvalue weighted by atomic mass is 15.3. The molecule has 0 N–H and O–H groups in total. The fourth-order valence-corrected chi connectivity index (χ4v) is 1.28.